The molecule has 1 atom stereocenters. The van der Waals surface area contributed by atoms with Crippen molar-refractivity contribution in [2.75, 3.05) is 5.73 Å². The molecule has 0 aliphatic heterocycles. The molecule has 0 aliphatic rings. The van der Waals surface area contributed by atoms with E-state index in [2.05, 4.69) is 10.4 Å². The first-order valence-electron chi connectivity index (χ1n) is 7.10. The Bertz CT molecular complexity index is 633. The van der Waals surface area contributed by atoms with E-state index in [-0.39, 0.29) is 11.9 Å². The average molecular weight is 286 g/mol. The molecule has 5 nitrogen and oxygen atoms in total. The molecule has 1 unspecified atom stereocenters. The molecule has 0 aliphatic carbocycles. The zero-order valence-electron chi connectivity index (χ0n) is 12.8. The van der Waals surface area contributed by atoms with Crippen LogP contribution in [0, 0.1) is 6.92 Å². The normalized spacial score (nSPS) is 12.1. The number of para-hydroxylation sites is 1. The average Bonchev–Trinajstić information content (AvgIpc) is 2.77. The number of aromatic nitrogens is 2. The van der Waals surface area contributed by atoms with Gasteiger partial charge in [-0.25, -0.2) is 0 Å². The van der Waals surface area contributed by atoms with Crippen molar-refractivity contribution >= 4 is 11.6 Å². The molecule has 0 fully saturated rings. The van der Waals surface area contributed by atoms with Crippen molar-refractivity contribution in [3.63, 3.8) is 0 Å². The lowest BCUT2D eigenvalue weighted by atomic mass is 10.1. The van der Waals surface area contributed by atoms with E-state index >= 15 is 0 Å². The standard InChI is InChI=1S/C16H22N4O/c1-11(14-10-20(3)19-12(14)2)18-16(21)9-8-13-6-4-5-7-15(13)17/h4-7,10-11H,8-9,17H2,1-3H3,(H,18,21). The molecule has 1 heterocycles. The predicted octanol–water partition coefficient (Wildman–Crippen LogP) is 2.12. The number of anilines is 1. The first-order chi connectivity index (χ1) is 9.97. The molecule has 1 aromatic heterocycles. The Hall–Kier alpha value is -2.30. The molecule has 0 saturated carbocycles. The zero-order chi connectivity index (χ0) is 15.4. The quantitative estimate of drug-likeness (QED) is 0.827. The molecule has 21 heavy (non-hydrogen) atoms. The summed E-state index contributed by atoms with van der Waals surface area (Å²) in [6.45, 7) is 3.92. The molecule has 0 spiro atoms. The number of benzene rings is 1. The highest BCUT2D eigenvalue weighted by atomic mass is 16.1. The minimum Gasteiger partial charge on any atom is -0.399 e. The molecule has 0 bridgehead atoms. The fourth-order valence-electron chi connectivity index (χ4n) is 2.44. The minimum absolute atomic E-state index is 0.0222. The van der Waals surface area contributed by atoms with Gasteiger partial charge in [-0.05, 0) is 31.9 Å². The summed E-state index contributed by atoms with van der Waals surface area (Å²) in [6.07, 6.45) is 3.02. The van der Waals surface area contributed by atoms with Gasteiger partial charge in [-0.2, -0.15) is 5.10 Å². The number of nitrogens with zero attached hydrogens (tertiary/aromatic N) is 2. The number of aryl methyl sites for hydroxylation is 3. The van der Waals surface area contributed by atoms with Crippen molar-refractivity contribution in [3.8, 4) is 0 Å². The van der Waals surface area contributed by atoms with Crippen LogP contribution in [-0.2, 0) is 18.3 Å². The number of nitrogen functional groups attached to an aromatic ring is 1. The molecule has 1 aromatic carbocycles. The summed E-state index contributed by atoms with van der Waals surface area (Å²) in [5.74, 6) is 0.0222. The van der Waals surface area contributed by atoms with E-state index < -0.39 is 0 Å². The van der Waals surface area contributed by atoms with Crippen LogP contribution in [0.1, 0.15) is 36.2 Å². The SMILES string of the molecule is Cc1nn(C)cc1C(C)NC(=O)CCc1ccccc1N. The molecule has 3 N–H and O–H groups in total. The summed E-state index contributed by atoms with van der Waals surface area (Å²) in [7, 11) is 1.88. The Morgan fingerprint density at radius 1 is 1.43 bits per heavy atom. The van der Waals surface area contributed by atoms with Gasteiger partial charge in [0.2, 0.25) is 5.91 Å². The van der Waals surface area contributed by atoms with E-state index in [0.717, 1.165) is 22.5 Å². The fourth-order valence-corrected chi connectivity index (χ4v) is 2.44. The zero-order valence-corrected chi connectivity index (χ0v) is 12.8. The molecule has 1 amide bonds. The van der Waals surface area contributed by atoms with Crippen LogP contribution in [0.4, 0.5) is 5.69 Å². The largest absolute Gasteiger partial charge is 0.399 e. The molecule has 5 heteroatoms. The first-order valence-corrected chi connectivity index (χ1v) is 7.10. The second-order valence-corrected chi connectivity index (χ2v) is 5.33. The Kier molecular flexibility index (Phi) is 4.62. The maximum Gasteiger partial charge on any atom is 0.220 e. The second-order valence-electron chi connectivity index (χ2n) is 5.33. The molecular formula is C16H22N4O. The van der Waals surface area contributed by atoms with Gasteiger partial charge in [-0.3, -0.25) is 9.48 Å². The number of nitrogens with one attached hydrogen (secondary N) is 1. The summed E-state index contributed by atoms with van der Waals surface area (Å²) >= 11 is 0. The van der Waals surface area contributed by atoms with Crippen LogP contribution in [0.2, 0.25) is 0 Å². The maximum atomic E-state index is 12.1. The molecule has 2 aromatic rings. The van der Waals surface area contributed by atoms with Crippen molar-refractivity contribution in [1.29, 1.82) is 0 Å². The van der Waals surface area contributed by atoms with Crippen molar-refractivity contribution in [2.45, 2.75) is 32.7 Å². The lowest BCUT2D eigenvalue weighted by Crippen LogP contribution is -2.27. The van der Waals surface area contributed by atoms with E-state index in [1.165, 1.54) is 0 Å². The van der Waals surface area contributed by atoms with Crippen LogP contribution < -0.4 is 11.1 Å². The molecular weight excluding hydrogens is 264 g/mol. The topological polar surface area (TPSA) is 72.9 Å². The Morgan fingerprint density at radius 2 is 2.14 bits per heavy atom. The van der Waals surface area contributed by atoms with Crippen LogP contribution in [0.3, 0.4) is 0 Å². The lowest BCUT2D eigenvalue weighted by Gasteiger charge is -2.13. The molecule has 0 radical (unpaired) electrons. The highest BCUT2D eigenvalue weighted by Crippen LogP contribution is 2.16. The third-order valence-corrected chi connectivity index (χ3v) is 3.57. The van der Waals surface area contributed by atoms with Crippen LogP contribution in [-0.4, -0.2) is 15.7 Å². The Morgan fingerprint density at radius 3 is 2.76 bits per heavy atom. The summed E-state index contributed by atoms with van der Waals surface area (Å²) < 4.78 is 1.76. The summed E-state index contributed by atoms with van der Waals surface area (Å²) in [5.41, 5.74) is 9.62. The third kappa shape index (κ3) is 3.84. The van der Waals surface area contributed by atoms with E-state index in [4.69, 9.17) is 5.73 Å². The van der Waals surface area contributed by atoms with E-state index in [0.29, 0.717) is 12.8 Å². The van der Waals surface area contributed by atoms with Crippen molar-refractivity contribution < 1.29 is 4.79 Å². The van der Waals surface area contributed by atoms with Crippen molar-refractivity contribution in [2.24, 2.45) is 7.05 Å². The summed E-state index contributed by atoms with van der Waals surface area (Å²) in [6, 6.07) is 7.60. The number of amides is 1. The first kappa shape index (κ1) is 15.1. The summed E-state index contributed by atoms with van der Waals surface area (Å²) in [4.78, 5) is 12.1. The van der Waals surface area contributed by atoms with Gasteiger partial charge in [-0.1, -0.05) is 18.2 Å². The monoisotopic (exact) mass is 286 g/mol. The van der Waals surface area contributed by atoms with Gasteiger partial charge in [0.05, 0.1) is 11.7 Å². The Balaban J connectivity index is 1.90. The number of rotatable bonds is 5. The lowest BCUT2D eigenvalue weighted by molar-refractivity contribution is -0.121. The van der Waals surface area contributed by atoms with E-state index in [1.54, 1.807) is 4.68 Å². The van der Waals surface area contributed by atoms with Gasteiger partial charge < -0.3 is 11.1 Å². The van der Waals surface area contributed by atoms with Crippen LogP contribution in [0.5, 0.6) is 0 Å². The van der Waals surface area contributed by atoms with Gasteiger partial charge in [-0.15, -0.1) is 0 Å². The smallest absolute Gasteiger partial charge is 0.220 e. The van der Waals surface area contributed by atoms with Crippen molar-refractivity contribution in [3.05, 3.63) is 47.3 Å². The molecule has 2 rings (SSSR count). The van der Waals surface area contributed by atoms with Crippen LogP contribution >= 0.6 is 0 Å². The molecule has 0 saturated heterocycles. The minimum atomic E-state index is -0.0423. The van der Waals surface area contributed by atoms with Crippen LogP contribution in [0.25, 0.3) is 0 Å². The number of hydrogen-bond donors (Lipinski definition) is 2. The molecule has 112 valence electrons. The van der Waals surface area contributed by atoms with Gasteiger partial charge in [0.1, 0.15) is 0 Å². The third-order valence-electron chi connectivity index (χ3n) is 3.57. The Labute approximate surface area is 125 Å². The van der Waals surface area contributed by atoms with E-state index in [9.17, 15) is 4.79 Å². The summed E-state index contributed by atoms with van der Waals surface area (Å²) in [5, 5.41) is 7.30. The maximum absolute atomic E-state index is 12.1. The highest BCUT2D eigenvalue weighted by molar-refractivity contribution is 5.77. The second kappa shape index (κ2) is 6.43. The number of carbonyl (C=O) groups is 1. The predicted molar refractivity (Wildman–Crippen MR) is 83.7 cm³/mol. The van der Waals surface area contributed by atoms with E-state index in [1.807, 2.05) is 51.4 Å². The number of hydrogen-bond acceptors (Lipinski definition) is 3. The number of carbonyl (C=O) groups excluding carboxylic acids is 1. The number of nitrogens with two attached hydrogens (primary N) is 1. The van der Waals surface area contributed by atoms with Gasteiger partial charge in [0, 0.05) is 30.9 Å². The fraction of sp³-hybridized carbons (Fsp3) is 0.375. The van der Waals surface area contributed by atoms with Crippen molar-refractivity contribution in [1.82, 2.24) is 15.1 Å². The van der Waals surface area contributed by atoms with Crippen LogP contribution in [0.15, 0.2) is 30.5 Å². The van der Waals surface area contributed by atoms with Gasteiger partial charge >= 0.3 is 0 Å². The van der Waals surface area contributed by atoms with Gasteiger partial charge in [0.25, 0.3) is 0 Å². The van der Waals surface area contributed by atoms with Gasteiger partial charge in [0.15, 0.2) is 0 Å². The highest BCUT2D eigenvalue weighted by Gasteiger charge is 2.14.